The van der Waals surface area contributed by atoms with E-state index in [9.17, 15) is 90.0 Å². The Bertz CT molecular complexity index is 2010. The number of nitrogens with one attached hydrogen (secondary N) is 5. The van der Waals surface area contributed by atoms with Crippen molar-refractivity contribution < 1.29 is 118 Å². The summed E-state index contributed by atoms with van der Waals surface area (Å²) in [5, 5.41) is 140. The Labute approximate surface area is 410 Å². The first-order valence-electron chi connectivity index (χ1n) is 22.7. The lowest BCUT2D eigenvalue weighted by molar-refractivity contribution is -0.214. The van der Waals surface area contributed by atoms with Gasteiger partial charge in [-0.25, -0.2) is 9.59 Å². The van der Waals surface area contributed by atoms with Crippen LogP contribution in [0.15, 0.2) is 30.3 Å². The maximum absolute atomic E-state index is 13.6. The van der Waals surface area contributed by atoms with Gasteiger partial charge in [0.25, 0.3) is 23.6 Å². The van der Waals surface area contributed by atoms with E-state index < -0.39 is 196 Å². The number of ether oxygens (including phenoxy) is 6. The molecule has 5 amide bonds. The van der Waals surface area contributed by atoms with E-state index in [0.29, 0.717) is 5.56 Å². The van der Waals surface area contributed by atoms with Gasteiger partial charge in [0.1, 0.15) is 84.9 Å². The molecule has 0 bridgehead atoms. The largest absolute Gasteiger partial charge is 0.467 e. The number of alkyl carbamates (subject to hydrolysis) is 1. The topological polar surface area (TPSA) is 461 Å². The second-order valence-corrected chi connectivity index (χ2v) is 18.6. The Balaban J connectivity index is 1.19. The Morgan fingerprint density at radius 1 is 0.514 bits per heavy atom. The van der Waals surface area contributed by atoms with Crippen molar-refractivity contribution >= 4 is 35.7 Å². The molecule has 0 aliphatic carbocycles. The number of esters is 1. The van der Waals surface area contributed by atoms with E-state index in [0.717, 1.165) is 7.11 Å². The molecule has 1 aromatic rings. The summed E-state index contributed by atoms with van der Waals surface area (Å²) in [6.07, 6.45) is -32.9. The molecular formula is C43H65N5O24. The number of amides is 5. The van der Waals surface area contributed by atoms with Gasteiger partial charge in [-0.3, -0.25) is 19.2 Å². The zero-order chi connectivity index (χ0) is 53.5. The van der Waals surface area contributed by atoms with Crippen LogP contribution in [0.25, 0.3) is 0 Å². The summed E-state index contributed by atoms with van der Waals surface area (Å²) in [4.78, 5) is 78.9. The molecule has 0 spiro atoms. The van der Waals surface area contributed by atoms with Gasteiger partial charge >= 0.3 is 12.1 Å². The fourth-order valence-electron chi connectivity index (χ4n) is 8.69. The first-order chi connectivity index (χ1) is 33.9. The van der Waals surface area contributed by atoms with E-state index in [1.807, 2.05) is 0 Å². The predicted molar refractivity (Wildman–Crippen MR) is 234 cm³/mol. The third kappa shape index (κ3) is 13.3. The highest BCUT2D eigenvalue weighted by Gasteiger charge is 2.55. The zero-order valence-corrected chi connectivity index (χ0v) is 39.3. The van der Waals surface area contributed by atoms with Crippen LogP contribution in [-0.2, 0) is 58.8 Å². The average Bonchev–Trinajstić information content (AvgIpc) is 3.34. The summed E-state index contributed by atoms with van der Waals surface area (Å²) in [5.74, 6) is -5.90. The van der Waals surface area contributed by atoms with Crippen molar-refractivity contribution in [3.05, 3.63) is 35.9 Å². The Hall–Kier alpha value is -4.80. The van der Waals surface area contributed by atoms with Crippen LogP contribution in [0.3, 0.4) is 0 Å². The zero-order valence-electron chi connectivity index (χ0n) is 39.3. The third-order valence-corrected chi connectivity index (χ3v) is 12.4. The number of aliphatic hydroxyl groups is 12. The van der Waals surface area contributed by atoms with Gasteiger partial charge in [0, 0.05) is 6.42 Å². The Kier molecular flexibility index (Phi) is 20.1. The van der Waals surface area contributed by atoms with E-state index in [4.69, 9.17) is 28.4 Å². The van der Waals surface area contributed by atoms with E-state index >= 15 is 0 Å². The van der Waals surface area contributed by atoms with Crippen molar-refractivity contribution in [2.75, 3.05) is 33.5 Å². The van der Waals surface area contributed by atoms with Crippen molar-refractivity contribution in [1.82, 2.24) is 26.6 Å². The molecule has 29 heteroatoms. The first kappa shape index (κ1) is 58.1. The molecule has 21 atom stereocenters. The molecule has 0 saturated carbocycles. The average molecular weight is 1040 g/mol. The van der Waals surface area contributed by atoms with Crippen molar-refractivity contribution in [3.63, 3.8) is 0 Å². The molecule has 1 aromatic carbocycles. The monoisotopic (exact) mass is 1040 g/mol. The Morgan fingerprint density at radius 2 is 0.833 bits per heavy atom. The molecule has 5 rings (SSSR count). The number of rotatable bonds is 16. The highest BCUT2D eigenvalue weighted by molar-refractivity contribution is 5.88. The standard InChI is InChI=1S/C43H65N5O24/c1-43(2,3)72-42(66)48-24-20(14-52)71-36(32(60)28(24)56)40(64)47-23-19(13-51)70-35(31(59)27(23)55)39(63)46-22-18(12-50)69-34(30(58)26(22)54)38(62)45-21-17(11-49)68-33(29(57)25(21)53)37(61)44-16(41(65)67-4)10-15-8-6-5-7-9-15/h5-9,16-36,49-60H,10-14H2,1-4H3,(H,44,61)(H,45,62)(H,46,63)(H,47,64)(H,48,66)/t16?,17-,18-,19-,20-,21-,22-,23-,24-,25+,26+,27+,28+,29-,30-,31-,32-,33-,34-,35-,36-/m1/s1. The molecule has 29 nitrogen and oxygen atoms in total. The van der Waals surface area contributed by atoms with Crippen molar-refractivity contribution in [3.8, 4) is 0 Å². The van der Waals surface area contributed by atoms with Crippen LogP contribution in [0.5, 0.6) is 0 Å². The van der Waals surface area contributed by atoms with Gasteiger partial charge in [-0.1, -0.05) is 30.3 Å². The number of carbonyl (C=O) groups is 6. The number of carbonyl (C=O) groups excluding carboxylic acids is 6. The van der Waals surface area contributed by atoms with Gasteiger partial charge in [0.2, 0.25) is 0 Å². The second kappa shape index (κ2) is 25.0. The molecule has 17 N–H and O–H groups in total. The van der Waals surface area contributed by atoms with E-state index in [-0.39, 0.29) is 6.42 Å². The van der Waals surface area contributed by atoms with Crippen LogP contribution in [0.1, 0.15) is 26.3 Å². The van der Waals surface area contributed by atoms with Gasteiger partial charge in [-0.15, -0.1) is 0 Å². The van der Waals surface area contributed by atoms with Crippen LogP contribution in [0, 0.1) is 0 Å². The van der Waals surface area contributed by atoms with Crippen molar-refractivity contribution in [2.24, 2.45) is 0 Å². The SMILES string of the molecule is COC(=O)C(Cc1ccccc1)NC(=O)[C@@H]1O[C@H](CO)[C@@H](NC(=O)[C@@H]2O[C@H](CO)[C@@H](NC(=O)[C@@H]3O[C@H](CO)[C@@H](NC(=O)[C@@H]4O[C@H](CO)[C@@H](NC(=O)OC(C)(C)C)[C@H](O)[C@H]4O)[C@H](O)[C@H]3O)[C@H](O)[C@H]2O)[C@H](O)[C@H]1O. The smallest absolute Gasteiger partial charge is 0.408 e. The first-order valence-corrected chi connectivity index (χ1v) is 22.7. The van der Waals surface area contributed by atoms with Crippen LogP contribution < -0.4 is 26.6 Å². The van der Waals surface area contributed by atoms with E-state index in [1.165, 1.54) is 0 Å². The molecule has 0 aromatic heterocycles. The quantitative estimate of drug-likeness (QED) is 0.0684. The number of hydrogen-bond acceptors (Lipinski definition) is 24. The number of benzene rings is 1. The third-order valence-electron chi connectivity index (χ3n) is 12.4. The lowest BCUT2D eigenvalue weighted by atomic mass is 9.89. The summed E-state index contributed by atoms with van der Waals surface area (Å²) in [5.41, 5.74) is -0.349. The van der Waals surface area contributed by atoms with E-state index in [2.05, 4.69) is 26.6 Å². The summed E-state index contributed by atoms with van der Waals surface area (Å²) in [7, 11) is 1.08. The molecule has 72 heavy (non-hydrogen) atoms. The van der Waals surface area contributed by atoms with Crippen LogP contribution in [0.4, 0.5) is 4.79 Å². The fraction of sp³-hybridized carbons (Fsp3) is 0.721. The highest BCUT2D eigenvalue weighted by Crippen LogP contribution is 2.29. The van der Waals surface area contributed by atoms with Gasteiger partial charge in [-0.2, -0.15) is 0 Å². The fourth-order valence-corrected chi connectivity index (χ4v) is 8.69. The van der Waals surface area contributed by atoms with Gasteiger partial charge in [0.15, 0.2) is 24.4 Å². The van der Waals surface area contributed by atoms with Gasteiger partial charge < -0.3 is 116 Å². The normalized spacial score (nSPS) is 37.5. The lowest BCUT2D eigenvalue weighted by Gasteiger charge is -2.46. The predicted octanol–water partition coefficient (Wildman–Crippen LogP) is -9.84. The minimum absolute atomic E-state index is 0.0412. The summed E-state index contributed by atoms with van der Waals surface area (Å²) in [6, 6.07) is 0.400. The minimum Gasteiger partial charge on any atom is -0.467 e. The van der Waals surface area contributed by atoms with Crippen LogP contribution in [0.2, 0.25) is 0 Å². The molecular weight excluding hydrogens is 970 g/mol. The van der Waals surface area contributed by atoms with Crippen molar-refractivity contribution in [1.29, 1.82) is 0 Å². The van der Waals surface area contributed by atoms with Crippen molar-refractivity contribution in [2.45, 2.75) is 161 Å². The molecule has 4 heterocycles. The maximum atomic E-state index is 13.6. The molecule has 4 fully saturated rings. The molecule has 4 aliphatic heterocycles. The molecule has 4 aliphatic rings. The molecule has 1 unspecified atom stereocenters. The Morgan fingerprint density at radius 3 is 1.14 bits per heavy atom. The summed E-state index contributed by atoms with van der Waals surface area (Å²) < 4.78 is 32.1. The molecule has 406 valence electrons. The summed E-state index contributed by atoms with van der Waals surface area (Å²) in [6.45, 7) is 0.670. The second-order valence-electron chi connectivity index (χ2n) is 18.6. The van der Waals surface area contributed by atoms with Gasteiger partial charge in [-0.05, 0) is 26.3 Å². The lowest BCUT2D eigenvalue weighted by Crippen LogP contribution is -2.72. The maximum Gasteiger partial charge on any atom is 0.408 e. The van der Waals surface area contributed by atoms with Crippen LogP contribution >= 0.6 is 0 Å². The number of hydrogen-bond donors (Lipinski definition) is 17. The summed E-state index contributed by atoms with van der Waals surface area (Å²) >= 11 is 0. The molecule has 0 radical (unpaired) electrons. The van der Waals surface area contributed by atoms with E-state index in [1.54, 1.807) is 51.1 Å². The minimum atomic E-state index is -2.26. The highest BCUT2D eigenvalue weighted by atomic mass is 16.6. The van der Waals surface area contributed by atoms with Gasteiger partial charge in [0.05, 0.1) is 57.7 Å². The number of methoxy groups -OCH3 is 1. The van der Waals surface area contributed by atoms with Crippen LogP contribution in [-0.4, -0.2) is 264 Å². The number of aliphatic hydroxyl groups excluding tert-OH is 12. The molecule has 4 saturated heterocycles.